The lowest BCUT2D eigenvalue weighted by atomic mass is 10.1. The Morgan fingerprint density at radius 2 is 2.12 bits per heavy atom. The van der Waals surface area contributed by atoms with E-state index >= 15 is 0 Å². The molecule has 0 spiro atoms. The molecule has 2 nitrogen and oxygen atoms in total. The van der Waals surface area contributed by atoms with Crippen LogP contribution in [0.2, 0.25) is 0 Å². The third-order valence-electron chi connectivity index (χ3n) is 3.50. The van der Waals surface area contributed by atoms with Crippen molar-refractivity contribution in [3.05, 3.63) is 35.2 Å². The highest BCUT2D eigenvalue weighted by Crippen LogP contribution is 2.31. The maximum atomic E-state index is 6.04. The molecule has 90 valence electrons. The Labute approximate surface area is 106 Å². The Bertz CT molecular complexity index is 514. The third-order valence-corrected chi connectivity index (χ3v) is 4.51. The quantitative estimate of drug-likeness (QED) is 0.796. The van der Waals surface area contributed by atoms with Gasteiger partial charge in [-0.2, -0.15) is 0 Å². The Morgan fingerprint density at radius 1 is 1.29 bits per heavy atom. The molecular formula is C14H18N2S. The highest BCUT2D eigenvalue weighted by Gasteiger charge is 2.37. The summed E-state index contributed by atoms with van der Waals surface area (Å²) in [7, 11) is 0. The first-order valence-electron chi connectivity index (χ1n) is 6.22. The number of hydrogen-bond donors (Lipinski definition) is 2. The maximum absolute atomic E-state index is 6.04. The van der Waals surface area contributed by atoms with E-state index in [9.17, 15) is 0 Å². The van der Waals surface area contributed by atoms with Crippen LogP contribution in [0.1, 0.15) is 18.4 Å². The molecule has 0 radical (unpaired) electrons. The minimum atomic E-state index is 0.122. The minimum Gasteiger partial charge on any atom is -0.324 e. The van der Waals surface area contributed by atoms with Crippen molar-refractivity contribution < 1.29 is 0 Å². The largest absolute Gasteiger partial charge is 0.324 e. The zero-order valence-electron chi connectivity index (χ0n) is 9.91. The molecule has 3 N–H and O–H groups in total. The van der Waals surface area contributed by atoms with Gasteiger partial charge in [0.1, 0.15) is 0 Å². The molecular weight excluding hydrogens is 228 g/mol. The molecule has 3 rings (SSSR count). The van der Waals surface area contributed by atoms with Crippen LogP contribution in [-0.2, 0) is 6.42 Å². The van der Waals surface area contributed by atoms with Crippen molar-refractivity contribution >= 4 is 21.4 Å². The molecule has 0 unspecified atom stereocenters. The fraction of sp³-hybridized carbons (Fsp3) is 0.429. The molecule has 1 heterocycles. The van der Waals surface area contributed by atoms with Crippen molar-refractivity contribution in [2.24, 2.45) is 5.73 Å². The number of hydrogen-bond acceptors (Lipinski definition) is 3. The summed E-state index contributed by atoms with van der Waals surface area (Å²) in [5, 5.41) is 7.16. The summed E-state index contributed by atoms with van der Waals surface area (Å²) in [6, 6.07) is 8.62. The van der Waals surface area contributed by atoms with Crippen molar-refractivity contribution in [3.8, 4) is 0 Å². The Balaban J connectivity index is 1.57. The van der Waals surface area contributed by atoms with E-state index in [-0.39, 0.29) is 5.54 Å². The van der Waals surface area contributed by atoms with Gasteiger partial charge in [-0.05, 0) is 48.2 Å². The number of nitrogens with one attached hydrogen (secondary N) is 1. The number of fused-ring (bicyclic) bond motifs is 1. The molecule has 1 aliphatic carbocycles. The van der Waals surface area contributed by atoms with Gasteiger partial charge in [0.2, 0.25) is 0 Å². The van der Waals surface area contributed by atoms with E-state index in [0.29, 0.717) is 0 Å². The maximum Gasteiger partial charge on any atom is 0.0345 e. The summed E-state index contributed by atoms with van der Waals surface area (Å²) >= 11 is 1.84. The number of nitrogens with two attached hydrogens (primary N) is 1. The molecule has 1 aromatic carbocycles. The summed E-state index contributed by atoms with van der Waals surface area (Å²) in [5.41, 5.74) is 7.62. The van der Waals surface area contributed by atoms with Gasteiger partial charge >= 0.3 is 0 Å². The second-order valence-corrected chi connectivity index (χ2v) is 5.96. The lowest BCUT2D eigenvalue weighted by Crippen LogP contribution is -2.36. The summed E-state index contributed by atoms with van der Waals surface area (Å²) in [4.78, 5) is 0. The van der Waals surface area contributed by atoms with Crippen LogP contribution in [0.15, 0.2) is 29.6 Å². The van der Waals surface area contributed by atoms with E-state index in [2.05, 4.69) is 35.0 Å². The predicted octanol–water partition coefficient (Wildman–Crippen LogP) is 2.52. The Kier molecular flexibility index (Phi) is 2.90. The van der Waals surface area contributed by atoms with Crippen molar-refractivity contribution in [2.75, 3.05) is 13.1 Å². The number of benzene rings is 1. The van der Waals surface area contributed by atoms with Crippen LogP contribution >= 0.6 is 11.3 Å². The van der Waals surface area contributed by atoms with Crippen molar-refractivity contribution in [1.82, 2.24) is 5.32 Å². The van der Waals surface area contributed by atoms with E-state index in [0.717, 1.165) is 19.5 Å². The minimum absolute atomic E-state index is 0.122. The summed E-state index contributed by atoms with van der Waals surface area (Å²) in [5.74, 6) is 0. The second kappa shape index (κ2) is 4.41. The van der Waals surface area contributed by atoms with E-state index in [1.54, 1.807) is 0 Å². The lowest BCUT2D eigenvalue weighted by Gasteiger charge is -2.09. The predicted molar refractivity (Wildman–Crippen MR) is 74.6 cm³/mol. The molecule has 0 aliphatic heterocycles. The molecule has 1 fully saturated rings. The van der Waals surface area contributed by atoms with Crippen LogP contribution in [0.25, 0.3) is 10.1 Å². The summed E-state index contributed by atoms with van der Waals surface area (Å²) in [6.45, 7) is 1.99. The fourth-order valence-corrected chi connectivity index (χ4v) is 3.12. The molecule has 0 amide bonds. The zero-order valence-corrected chi connectivity index (χ0v) is 10.7. The Morgan fingerprint density at radius 3 is 2.94 bits per heavy atom. The monoisotopic (exact) mass is 246 g/mol. The van der Waals surface area contributed by atoms with Gasteiger partial charge in [-0.25, -0.2) is 0 Å². The van der Waals surface area contributed by atoms with Crippen LogP contribution in [0.3, 0.4) is 0 Å². The van der Waals surface area contributed by atoms with Crippen LogP contribution in [-0.4, -0.2) is 18.6 Å². The molecule has 1 saturated carbocycles. The van der Waals surface area contributed by atoms with Gasteiger partial charge in [-0.15, -0.1) is 11.3 Å². The smallest absolute Gasteiger partial charge is 0.0345 e. The van der Waals surface area contributed by atoms with E-state index in [1.165, 1.54) is 28.5 Å². The SMILES string of the molecule is NC1(CNCCc2csc3ccccc23)CC1. The average molecular weight is 246 g/mol. The van der Waals surface area contributed by atoms with Crippen LogP contribution < -0.4 is 11.1 Å². The molecule has 1 aliphatic rings. The van der Waals surface area contributed by atoms with Gasteiger partial charge in [0, 0.05) is 16.8 Å². The standard InChI is InChI=1S/C14H18N2S/c15-14(6-7-14)10-16-8-5-11-9-17-13-4-2-1-3-12(11)13/h1-4,9,16H,5-8,10,15H2. The summed E-state index contributed by atoms with van der Waals surface area (Å²) in [6.07, 6.45) is 3.46. The Hall–Kier alpha value is -0.900. The van der Waals surface area contributed by atoms with Crippen molar-refractivity contribution in [1.29, 1.82) is 0 Å². The zero-order chi connectivity index (χ0) is 11.7. The first-order chi connectivity index (χ1) is 8.27. The topological polar surface area (TPSA) is 38.0 Å². The second-order valence-electron chi connectivity index (χ2n) is 5.05. The van der Waals surface area contributed by atoms with Gasteiger partial charge in [0.05, 0.1) is 0 Å². The first-order valence-corrected chi connectivity index (χ1v) is 7.10. The molecule has 0 atom stereocenters. The molecule has 3 heteroatoms. The van der Waals surface area contributed by atoms with Gasteiger partial charge in [0.25, 0.3) is 0 Å². The fourth-order valence-electron chi connectivity index (χ4n) is 2.12. The number of rotatable bonds is 5. The summed E-state index contributed by atoms with van der Waals surface area (Å²) < 4.78 is 1.39. The highest BCUT2D eigenvalue weighted by atomic mass is 32.1. The van der Waals surface area contributed by atoms with Gasteiger partial charge in [0.15, 0.2) is 0 Å². The molecule has 1 aromatic heterocycles. The van der Waals surface area contributed by atoms with E-state index in [1.807, 2.05) is 11.3 Å². The third kappa shape index (κ3) is 2.51. The number of thiophene rings is 1. The van der Waals surface area contributed by atoms with Crippen LogP contribution in [0.5, 0.6) is 0 Å². The molecule has 0 saturated heterocycles. The van der Waals surface area contributed by atoms with Gasteiger partial charge in [-0.1, -0.05) is 18.2 Å². The molecule has 2 aromatic rings. The van der Waals surface area contributed by atoms with Crippen LogP contribution in [0, 0.1) is 0 Å². The first kappa shape index (κ1) is 11.2. The van der Waals surface area contributed by atoms with Crippen molar-refractivity contribution in [3.63, 3.8) is 0 Å². The van der Waals surface area contributed by atoms with Gasteiger partial charge in [-0.3, -0.25) is 0 Å². The van der Waals surface area contributed by atoms with Crippen LogP contribution in [0.4, 0.5) is 0 Å². The highest BCUT2D eigenvalue weighted by molar-refractivity contribution is 7.17. The average Bonchev–Trinajstić information content (AvgIpc) is 2.94. The van der Waals surface area contributed by atoms with Crippen molar-refractivity contribution in [2.45, 2.75) is 24.8 Å². The normalized spacial score (nSPS) is 17.5. The van der Waals surface area contributed by atoms with Gasteiger partial charge < -0.3 is 11.1 Å². The lowest BCUT2D eigenvalue weighted by molar-refractivity contribution is 0.571. The molecule has 17 heavy (non-hydrogen) atoms. The molecule has 0 bridgehead atoms. The van der Waals surface area contributed by atoms with E-state index in [4.69, 9.17) is 5.73 Å². The van der Waals surface area contributed by atoms with E-state index < -0.39 is 0 Å².